The van der Waals surface area contributed by atoms with Gasteiger partial charge in [0, 0.05) is 11.5 Å². The number of hydrogen-bond donors (Lipinski definition) is 0. The summed E-state index contributed by atoms with van der Waals surface area (Å²) < 4.78 is 10.7. The maximum absolute atomic E-state index is 8.05. The molecule has 98 valence electrons. The van der Waals surface area contributed by atoms with Crippen molar-refractivity contribution in [2.75, 3.05) is 26.4 Å². The Morgan fingerprint density at radius 3 is 2.39 bits per heavy atom. The van der Waals surface area contributed by atoms with Crippen LogP contribution in [0.25, 0.3) is 10.4 Å². The molecule has 0 atom stereocenters. The average Bonchev–Trinajstić information content (AvgIpc) is 2.42. The molecule has 5 heteroatoms. The first-order chi connectivity index (χ1) is 8.86. The van der Waals surface area contributed by atoms with Crippen molar-refractivity contribution in [1.82, 2.24) is 0 Å². The Hall–Kier alpha value is -1.55. The average molecular weight is 249 g/mol. The summed E-state index contributed by atoms with van der Waals surface area (Å²) in [5.74, 6) is 0. The highest BCUT2D eigenvalue weighted by molar-refractivity contribution is 5.21. The molecule has 5 nitrogen and oxygen atoms in total. The highest BCUT2D eigenvalue weighted by Gasteiger charge is 1.94. The van der Waals surface area contributed by atoms with E-state index in [2.05, 4.69) is 41.2 Å². The summed E-state index contributed by atoms with van der Waals surface area (Å²) >= 11 is 0. The maximum atomic E-state index is 8.05. The van der Waals surface area contributed by atoms with E-state index in [0.29, 0.717) is 33.0 Å². The van der Waals surface area contributed by atoms with E-state index in [1.807, 2.05) is 0 Å². The van der Waals surface area contributed by atoms with Crippen molar-refractivity contribution >= 4 is 0 Å². The summed E-state index contributed by atoms with van der Waals surface area (Å²) in [5.41, 5.74) is 10.5. The van der Waals surface area contributed by atoms with Gasteiger partial charge in [-0.25, -0.2) is 0 Å². The Balaban J connectivity index is 2.04. The SMILES string of the molecule is CCc1ccc(COCCOCCN=[N+]=[N-])cc1. The van der Waals surface area contributed by atoms with Gasteiger partial charge in [0.25, 0.3) is 0 Å². The molecule has 0 saturated heterocycles. The normalized spacial score (nSPS) is 10.1. The van der Waals surface area contributed by atoms with Gasteiger partial charge in [0.1, 0.15) is 0 Å². The van der Waals surface area contributed by atoms with Gasteiger partial charge < -0.3 is 9.47 Å². The Morgan fingerprint density at radius 2 is 1.72 bits per heavy atom. The number of ether oxygens (including phenoxy) is 2. The van der Waals surface area contributed by atoms with Crippen molar-refractivity contribution in [3.8, 4) is 0 Å². The van der Waals surface area contributed by atoms with Crippen molar-refractivity contribution in [3.05, 3.63) is 45.8 Å². The lowest BCUT2D eigenvalue weighted by atomic mass is 10.1. The van der Waals surface area contributed by atoms with Crippen LogP contribution >= 0.6 is 0 Å². The topological polar surface area (TPSA) is 67.2 Å². The van der Waals surface area contributed by atoms with E-state index in [1.54, 1.807) is 0 Å². The van der Waals surface area contributed by atoms with Crippen LogP contribution in [0.5, 0.6) is 0 Å². The summed E-state index contributed by atoms with van der Waals surface area (Å²) in [5, 5.41) is 3.37. The van der Waals surface area contributed by atoms with Crippen LogP contribution in [0, 0.1) is 0 Å². The molecule has 0 heterocycles. The third-order valence-corrected chi connectivity index (χ3v) is 2.47. The monoisotopic (exact) mass is 249 g/mol. The van der Waals surface area contributed by atoms with E-state index < -0.39 is 0 Å². The molecule has 1 rings (SSSR count). The zero-order valence-electron chi connectivity index (χ0n) is 10.7. The largest absolute Gasteiger partial charge is 0.379 e. The molecule has 0 aliphatic carbocycles. The summed E-state index contributed by atoms with van der Waals surface area (Å²) in [6.45, 7) is 4.62. The third-order valence-electron chi connectivity index (χ3n) is 2.47. The van der Waals surface area contributed by atoms with E-state index in [4.69, 9.17) is 15.0 Å². The number of rotatable bonds is 9. The van der Waals surface area contributed by atoms with Crippen molar-refractivity contribution in [3.63, 3.8) is 0 Å². The van der Waals surface area contributed by atoms with Crippen LogP contribution in [-0.4, -0.2) is 26.4 Å². The number of hydrogen-bond acceptors (Lipinski definition) is 3. The lowest BCUT2D eigenvalue weighted by molar-refractivity contribution is 0.0434. The van der Waals surface area contributed by atoms with Gasteiger partial charge in [-0.1, -0.05) is 36.3 Å². The molecule has 0 bridgehead atoms. The van der Waals surface area contributed by atoms with E-state index in [9.17, 15) is 0 Å². The molecule has 0 radical (unpaired) electrons. The summed E-state index contributed by atoms with van der Waals surface area (Å²) in [7, 11) is 0. The minimum absolute atomic E-state index is 0.370. The Morgan fingerprint density at radius 1 is 1.06 bits per heavy atom. The number of azide groups is 1. The van der Waals surface area contributed by atoms with Gasteiger partial charge in [-0.15, -0.1) is 0 Å². The molecular formula is C13H19N3O2. The Labute approximate surface area is 107 Å². The van der Waals surface area contributed by atoms with E-state index in [1.165, 1.54) is 11.1 Å². The van der Waals surface area contributed by atoms with Crippen LogP contribution in [0.4, 0.5) is 0 Å². The van der Waals surface area contributed by atoms with Crippen LogP contribution in [0.3, 0.4) is 0 Å². The Kier molecular flexibility index (Phi) is 7.64. The quantitative estimate of drug-likeness (QED) is 0.292. The van der Waals surface area contributed by atoms with Crippen LogP contribution in [0.2, 0.25) is 0 Å². The van der Waals surface area contributed by atoms with Crippen molar-refractivity contribution in [2.24, 2.45) is 5.11 Å². The standard InChI is InChI=1S/C13H19N3O2/c1-2-12-3-5-13(6-4-12)11-18-10-9-17-8-7-15-16-14/h3-6H,2,7-11H2,1H3. The lowest BCUT2D eigenvalue weighted by Crippen LogP contribution is -2.06. The van der Waals surface area contributed by atoms with Gasteiger partial charge in [-0.05, 0) is 23.1 Å². The van der Waals surface area contributed by atoms with Gasteiger partial charge in [0.05, 0.1) is 26.4 Å². The van der Waals surface area contributed by atoms with Crippen molar-refractivity contribution in [1.29, 1.82) is 0 Å². The van der Waals surface area contributed by atoms with Crippen LogP contribution in [0.15, 0.2) is 29.4 Å². The third kappa shape index (κ3) is 6.25. The van der Waals surface area contributed by atoms with Gasteiger partial charge >= 0.3 is 0 Å². The second-order valence-corrected chi connectivity index (χ2v) is 3.79. The van der Waals surface area contributed by atoms with Crippen LogP contribution in [-0.2, 0) is 22.5 Å². The molecule has 0 unspecified atom stereocenters. The fourth-order valence-corrected chi connectivity index (χ4v) is 1.43. The van der Waals surface area contributed by atoms with Gasteiger partial charge in [-0.2, -0.15) is 0 Å². The second-order valence-electron chi connectivity index (χ2n) is 3.79. The number of benzene rings is 1. The summed E-state index contributed by atoms with van der Waals surface area (Å²) in [6, 6.07) is 8.41. The molecule has 0 aromatic heterocycles. The number of aryl methyl sites for hydroxylation is 1. The molecule has 0 saturated carbocycles. The maximum Gasteiger partial charge on any atom is 0.0718 e. The minimum Gasteiger partial charge on any atom is -0.379 e. The Bertz CT molecular complexity index is 372. The first kappa shape index (κ1) is 14.5. The van der Waals surface area contributed by atoms with Gasteiger partial charge in [-0.3, -0.25) is 0 Å². The first-order valence-corrected chi connectivity index (χ1v) is 6.11. The molecule has 0 N–H and O–H groups in total. The zero-order valence-corrected chi connectivity index (χ0v) is 10.7. The van der Waals surface area contributed by atoms with E-state index in [-0.39, 0.29) is 0 Å². The molecule has 0 fully saturated rings. The molecular weight excluding hydrogens is 230 g/mol. The summed E-state index contributed by atoms with van der Waals surface area (Å²) in [6.07, 6.45) is 1.06. The molecule has 18 heavy (non-hydrogen) atoms. The van der Waals surface area contributed by atoms with Gasteiger partial charge in [0.2, 0.25) is 0 Å². The predicted octanol–water partition coefficient (Wildman–Crippen LogP) is 3.09. The molecule has 0 amide bonds. The highest BCUT2D eigenvalue weighted by Crippen LogP contribution is 2.06. The van der Waals surface area contributed by atoms with E-state index in [0.717, 1.165) is 6.42 Å². The van der Waals surface area contributed by atoms with Crippen LogP contribution in [0.1, 0.15) is 18.1 Å². The first-order valence-electron chi connectivity index (χ1n) is 6.11. The lowest BCUT2D eigenvalue weighted by Gasteiger charge is -2.05. The smallest absolute Gasteiger partial charge is 0.0718 e. The molecule has 1 aromatic rings. The highest BCUT2D eigenvalue weighted by atomic mass is 16.5. The molecule has 0 aliphatic rings. The fourth-order valence-electron chi connectivity index (χ4n) is 1.43. The molecule has 0 aliphatic heterocycles. The predicted molar refractivity (Wildman–Crippen MR) is 70.3 cm³/mol. The molecule has 0 spiro atoms. The van der Waals surface area contributed by atoms with E-state index >= 15 is 0 Å². The minimum atomic E-state index is 0.370. The summed E-state index contributed by atoms with van der Waals surface area (Å²) in [4.78, 5) is 2.64. The second kappa shape index (κ2) is 9.48. The van der Waals surface area contributed by atoms with Gasteiger partial charge in [0.15, 0.2) is 0 Å². The molecule has 1 aromatic carbocycles. The van der Waals surface area contributed by atoms with Crippen molar-refractivity contribution < 1.29 is 9.47 Å². The van der Waals surface area contributed by atoms with Crippen LogP contribution < -0.4 is 0 Å². The zero-order chi connectivity index (χ0) is 13.1. The van der Waals surface area contributed by atoms with Crippen molar-refractivity contribution in [2.45, 2.75) is 20.0 Å². The fraction of sp³-hybridized carbons (Fsp3) is 0.538. The number of nitrogens with zero attached hydrogens (tertiary/aromatic N) is 3.